The third-order valence-corrected chi connectivity index (χ3v) is 6.82. The fraction of sp³-hybridized carbons (Fsp3) is 0.208. The maximum atomic E-state index is 13.7. The molecule has 1 amide bonds. The molecule has 8 heteroatoms. The first-order valence-electron chi connectivity index (χ1n) is 10.3. The van der Waals surface area contributed by atoms with Gasteiger partial charge in [0, 0.05) is 0 Å². The predicted molar refractivity (Wildman–Crippen MR) is 122 cm³/mol. The summed E-state index contributed by atoms with van der Waals surface area (Å²) in [5.41, 5.74) is 2.22. The van der Waals surface area contributed by atoms with Crippen molar-refractivity contribution >= 4 is 27.5 Å². The van der Waals surface area contributed by atoms with Gasteiger partial charge >= 0.3 is 5.69 Å². The van der Waals surface area contributed by atoms with Gasteiger partial charge in [-0.2, -0.15) is 0 Å². The summed E-state index contributed by atoms with van der Waals surface area (Å²) in [4.78, 5) is 39.3. The molecule has 5 rings (SSSR count). The summed E-state index contributed by atoms with van der Waals surface area (Å²) in [5, 5.41) is 4.74. The molecule has 6 nitrogen and oxygen atoms in total. The topological polar surface area (TPSA) is 73.1 Å². The van der Waals surface area contributed by atoms with Gasteiger partial charge in [-0.05, 0) is 66.1 Å². The van der Waals surface area contributed by atoms with Crippen LogP contribution in [0.3, 0.4) is 0 Å². The Labute approximate surface area is 186 Å². The number of aromatic nitrogens is 2. The van der Waals surface area contributed by atoms with E-state index in [2.05, 4.69) is 11.4 Å². The Kier molecular flexibility index (Phi) is 5.01. The number of benzene rings is 2. The molecule has 32 heavy (non-hydrogen) atoms. The molecule has 0 spiro atoms. The minimum atomic E-state index is -0.631. The van der Waals surface area contributed by atoms with Gasteiger partial charge in [0.1, 0.15) is 17.1 Å². The second-order valence-electron chi connectivity index (χ2n) is 7.94. The van der Waals surface area contributed by atoms with E-state index in [0.29, 0.717) is 15.8 Å². The number of thiophene rings is 1. The highest BCUT2D eigenvalue weighted by molar-refractivity contribution is 7.17. The lowest BCUT2D eigenvalue weighted by atomic mass is 10.1. The van der Waals surface area contributed by atoms with Crippen molar-refractivity contribution in [2.45, 2.75) is 32.4 Å². The lowest BCUT2D eigenvalue weighted by Crippen LogP contribution is -2.41. The molecule has 1 N–H and O–H groups in total. The fourth-order valence-corrected chi connectivity index (χ4v) is 5.15. The average Bonchev–Trinajstić information content (AvgIpc) is 3.42. The van der Waals surface area contributed by atoms with Crippen molar-refractivity contribution in [3.8, 4) is 5.69 Å². The summed E-state index contributed by atoms with van der Waals surface area (Å²) in [6, 6.07) is 13.6. The molecule has 1 aliphatic rings. The molecule has 1 aliphatic carbocycles. The number of amides is 1. The minimum Gasteiger partial charge on any atom is -0.348 e. The lowest BCUT2D eigenvalue weighted by Gasteiger charge is -2.16. The van der Waals surface area contributed by atoms with Gasteiger partial charge in [0.2, 0.25) is 5.91 Å². The largest absolute Gasteiger partial charge is 0.348 e. The van der Waals surface area contributed by atoms with Crippen LogP contribution in [0.5, 0.6) is 0 Å². The second-order valence-corrected chi connectivity index (χ2v) is 8.85. The van der Waals surface area contributed by atoms with Crippen LogP contribution < -0.4 is 16.6 Å². The first-order valence-corrected chi connectivity index (χ1v) is 11.2. The minimum absolute atomic E-state index is 0.0991. The van der Waals surface area contributed by atoms with Gasteiger partial charge in [-0.1, -0.05) is 24.3 Å². The molecule has 2 heterocycles. The van der Waals surface area contributed by atoms with Crippen LogP contribution in [0.4, 0.5) is 4.39 Å². The Morgan fingerprint density at radius 2 is 2.00 bits per heavy atom. The number of hydrogen-bond donors (Lipinski definition) is 1. The Morgan fingerprint density at radius 3 is 2.81 bits per heavy atom. The Hall–Kier alpha value is -3.52. The van der Waals surface area contributed by atoms with Gasteiger partial charge < -0.3 is 5.32 Å². The maximum Gasteiger partial charge on any atom is 0.336 e. The van der Waals surface area contributed by atoms with Crippen molar-refractivity contribution in [1.82, 2.24) is 14.5 Å². The van der Waals surface area contributed by atoms with Crippen LogP contribution in [0.2, 0.25) is 0 Å². The molecule has 2 aromatic carbocycles. The van der Waals surface area contributed by atoms with E-state index >= 15 is 0 Å². The van der Waals surface area contributed by atoms with Gasteiger partial charge in [0.15, 0.2) is 0 Å². The summed E-state index contributed by atoms with van der Waals surface area (Å²) < 4.78 is 16.4. The molecule has 162 valence electrons. The molecule has 0 unspecified atom stereocenters. The lowest BCUT2D eigenvalue weighted by molar-refractivity contribution is -0.122. The molecule has 0 aliphatic heterocycles. The third kappa shape index (κ3) is 3.36. The number of nitrogens with zero attached hydrogens (tertiary/aromatic N) is 2. The van der Waals surface area contributed by atoms with Crippen LogP contribution in [0.1, 0.15) is 29.2 Å². The molecule has 0 bridgehead atoms. The summed E-state index contributed by atoms with van der Waals surface area (Å²) in [6.07, 6.45) is 1.70. The molecular weight excluding hydrogens is 429 g/mol. The monoisotopic (exact) mass is 449 g/mol. The first-order chi connectivity index (χ1) is 15.4. The molecule has 1 atom stereocenters. The van der Waals surface area contributed by atoms with E-state index in [0.717, 1.165) is 23.0 Å². The molecule has 0 radical (unpaired) electrons. The Bertz CT molecular complexity index is 1480. The average molecular weight is 450 g/mol. The van der Waals surface area contributed by atoms with Gasteiger partial charge in [-0.3, -0.25) is 14.2 Å². The summed E-state index contributed by atoms with van der Waals surface area (Å²) in [7, 11) is 0. The number of carbonyl (C=O) groups excluding carboxylic acids is 1. The van der Waals surface area contributed by atoms with E-state index in [9.17, 15) is 18.8 Å². The SMILES string of the molecule is Cc1cc(-n2c(=O)c3sccc3n(CC(=O)N[C@H]3CCc4ccccc43)c2=O)ccc1F. The number of hydrogen-bond acceptors (Lipinski definition) is 4. The molecule has 0 saturated heterocycles. The van der Waals surface area contributed by atoms with Crippen molar-refractivity contribution in [3.63, 3.8) is 0 Å². The van der Waals surface area contributed by atoms with E-state index in [1.165, 1.54) is 39.7 Å². The van der Waals surface area contributed by atoms with Gasteiger partial charge in [-0.15, -0.1) is 11.3 Å². The number of rotatable bonds is 4. The maximum absolute atomic E-state index is 13.7. The third-order valence-electron chi connectivity index (χ3n) is 5.92. The number of carbonyl (C=O) groups is 1. The van der Waals surface area contributed by atoms with Crippen molar-refractivity contribution in [2.24, 2.45) is 0 Å². The van der Waals surface area contributed by atoms with Crippen molar-refractivity contribution in [1.29, 1.82) is 0 Å². The number of nitrogens with one attached hydrogen (secondary N) is 1. The molecular formula is C24H20FN3O3S. The molecule has 2 aromatic heterocycles. The quantitative estimate of drug-likeness (QED) is 0.519. The summed E-state index contributed by atoms with van der Waals surface area (Å²) in [6.45, 7) is 1.35. The van der Waals surface area contributed by atoms with Crippen molar-refractivity contribution < 1.29 is 9.18 Å². The van der Waals surface area contributed by atoms with Crippen molar-refractivity contribution in [3.05, 3.63) is 97.3 Å². The van der Waals surface area contributed by atoms with Crippen LogP contribution >= 0.6 is 11.3 Å². The molecule has 0 saturated carbocycles. The highest BCUT2D eigenvalue weighted by atomic mass is 32.1. The standard InChI is InChI=1S/C24H20FN3O3S/c1-14-12-16(7-8-18(14)25)28-23(30)22-20(10-11-32-22)27(24(28)31)13-21(29)26-19-9-6-15-4-2-3-5-17(15)19/h2-5,7-8,10-12,19H,6,9,13H2,1H3,(H,26,29)/t19-/m0/s1. The van der Waals surface area contributed by atoms with Crippen LogP contribution in [0.15, 0.2) is 63.5 Å². The Morgan fingerprint density at radius 1 is 1.19 bits per heavy atom. The van der Waals surface area contributed by atoms with E-state index in [4.69, 9.17) is 0 Å². The number of aryl methyl sites for hydroxylation is 2. The highest BCUT2D eigenvalue weighted by Gasteiger charge is 2.24. The van der Waals surface area contributed by atoms with Gasteiger partial charge in [-0.25, -0.2) is 13.8 Å². The first kappa shape index (κ1) is 20.4. The second kappa shape index (κ2) is 7.87. The smallest absolute Gasteiger partial charge is 0.336 e. The number of fused-ring (bicyclic) bond motifs is 2. The van der Waals surface area contributed by atoms with E-state index in [1.807, 2.05) is 18.2 Å². The summed E-state index contributed by atoms with van der Waals surface area (Å²) in [5.74, 6) is -0.725. The van der Waals surface area contributed by atoms with Crippen LogP contribution in [-0.2, 0) is 17.8 Å². The van der Waals surface area contributed by atoms with Gasteiger partial charge in [0.25, 0.3) is 5.56 Å². The van der Waals surface area contributed by atoms with E-state index in [-0.39, 0.29) is 24.2 Å². The van der Waals surface area contributed by atoms with Crippen LogP contribution in [0, 0.1) is 12.7 Å². The molecule has 4 aromatic rings. The summed E-state index contributed by atoms with van der Waals surface area (Å²) >= 11 is 1.20. The molecule has 0 fully saturated rings. The normalized spacial score (nSPS) is 15.1. The number of halogens is 1. The fourth-order valence-electron chi connectivity index (χ4n) is 4.33. The van der Waals surface area contributed by atoms with Crippen LogP contribution in [0.25, 0.3) is 15.9 Å². The van der Waals surface area contributed by atoms with Gasteiger partial charge in [0.05, 0.1) is 17.2 Å². The zero-order valence-electron chi connectivity index (χ0n) is 17.3. The zero-order valence-corrected chi connectivity index (χ0v) is 18.1. The van der Waals surface area contributed by atoms with E-state index < -0.39 is 17.1 Å². The highest BCUT2D eigenvalue weighted by Crippen LogP contribution is 2.30. The predicted octanol–water partition coefficient (Wildman–Crippen LogP) is 3.47. The van der Waals surface area contributed by atoms with Crippen molar-refractivity contribution in [2.75, 3.05) is 0 Å². The van der Waals surface area contributed by atoms with Crippen LogP contribution in [-0.4, -0.2) is 15.0 Å². The van der Waals surface area contributed by atoms with E-state index in [1.54, 1.807) is 18.4 Å². The Balaban J connectivity index is 1.54. The zero-order chi connectivity index (χ0) is 22.4.